The molecule has 0 aliphatic carbocycles. The van der Waals surface area contributed by atoms with Crippen LogP contribution in [0.4, 0.5) is 11.4 Å². The van der Waals surface area contributed by atoms with Gasteiger partial charge in [0, 0.05) is 44.0 Å². The van der Waals surface area contributed by atoms with Crippen LogP contribution >= 0.6 is 0 Å². The van der Waals surface area contributed by atoms with Gasteiger partial charge in [0.05, 0.1) is 11.0 Å². The summed E-state index contributed by atoms with van der Waals surface area (Å²) in [7, 11) is 2.07. The number of nitrogens with zero attached hydrogens (tertiary/aromatic N) is 3. The molecule has 1 saturated heterocycles. The zero-order valence-corrected chi connectivity index (χ0v) is 12.3. The van der Waals surface area contributed by atoms with Crippen molar-refractivity contribution in [3.8, 4) is 0 Å². The normalized spacial score (nSPS) is 18.2. The smallest absolute Gasteiger partial charge is 0.269 e. The lowest BCUT2D eigenvalue weighted by Crippen LogP contribution is -2.51. The predicted octanol–water partition coefficient (Wildman–Crippen LogP) is 1.17. The minimum atomic E-state index is -0.460. The van der Waals surface area contributed by atoms with E-state index in [1.54, 1.807) is 12.1 Å². The van der Waals surface area contributed by atoms with Crippen molar-refractivity contribution < 1.29 is 9.72 Å². The molecule has 0 spiro atoms. The number of hydrogen-bond acceptors (Lipinski definition) is 5. The lowest BCUT2D eigenvalue weighted by atomic mass is 10.2. The molecule has 0 radical (unpaired) electrons. The van der Waals surface area contributed by atoms with Crippen molar-refractivity contribution in [3.63, 3.8) is 0 Å². The maximum absolute atomic E-state index is 12.2. The van der Waals surface area contributed by atoms with Crippen molar-refractivity contribution in [1.82, 2.24) is 9.80 Å². The number of non-ortho nitro benzene ring substituents is 1. The Morgan fingerprint density at radius 1 is 1.24 bits per heavy atom. The molecule has 0 saturated carbocycles. The van der Waals surface area contributed by atoms with Crippen LogP contribution in [0.15, 0.2) is 24.3 Å². The maximum atomic E-state index is 12.2. The van der Waals surface area contributed by atoms with Gasteiger partial charge in [0.1, 0.15) is 0 Å². The first-order valence-electron chi connectivity index (χ1n) is 6.95. The molecule has 0 aromatic heterocycles. The highest BCUT2D eigenvalue weighted by atomic mass is 16.6. The minimum Gasteiger partial charge on any atom is -0.325 e. The van der Waals surface area contributed by atoms with Gasteiger partial charge in [0.2, 0.25) is 5.91 Å². The van der Waals surface area contributed by atoms with Gasteiger partial charge < -0.3 is 10.2 Å². The fraction of sp³-hybridized carbons (Fsp3) is 0.500. The molecule has 1 aromatic carbocycles. The number of benzene rings is 1. The quantitative estimate of drug-likeness (QED) is 0.665. The van der Waals surface area contributed by atoms with E-state index in [0.29, 0.717) is 5.69 Å². The topological polar surface area (TPSA) is 78.7 Å². The summed E-state index contributed by atoms with van der Waals surface area (Å²) in [6.45, 7) is 5.52. The van der Waals surface area contributed by atoms with Gasteiger partial charge in [-0.3, -0.25) is 19.8 Å². The summed E-state index contributed by atoms with van der Waals surface area (Å²) in [6.07, 6.45) is 0. The molecular formula is C14H20N4O3. The molecule has 1 aliphatic heterocycles. The van der Waals surface area contributed by atoms with E-state index in [9.17, 15) is 14.9 Å². The molecule has 114 valence electrons. The molecule has 1 aliphatic rings. The number of piperazine rings is 1. The fourth-order valence-electron chi connectivity index (χ4n) is 2.29. The summed E-state index contributed by atoms with van der Waals surface area (Å²) < 4.78 is 0. The zero-order valence-electron chi connectivity index (χ0n) is 12.3. The van der Waals surface area contributed by atoms with E-state index in [1.807, 2.05) is 6.92 Å². The molecule has 0 bridgehead atoms. The van der Waals surface area contributed by atoms with Crippen molar-refractivity contribution in [1.29, 1.82) is 0 Å². The van der Waals surface area contributed by atoms with Crippen molar-refractivity contribution in [2.75, 3.05) is 38.5 Å². The van der Waals surface area contributed by atoms with E-state index >= 15 is 0 Å². The third kappa shape index (κ3) is 3.99. The van der Waals surface area contributed by atoms with Gasteiger partial charge in [-0.05, 0) is 26.1 Å². The fourth-order valence-corrected chi connectivity index (χ4v) is 2.29. The number of carbonyl (C=O) groups is 1. The number of rotatable bonds is 4. The lowest BCUT2D eigenvalue weighted by Gasteiger charge is -2.35. The van der Waals surface area contributed by atoms with Gasteiger partial charge in [-0.15, -0.1) is 0 Å². The van der Waals surface area contributed by atoms with Gasteiger partial charge in [0.15, 0.2) is 0 Å². The van der Waals surface area contributed by atoms with Crippen LogP contribution in [0, 0.1) is 10.1 Å². The molecule has 2 rings (SSSR count). The Balaban J connectivity index is 1.92. The molecule has 1 fully saturated rings. The third-order valence-corrected chi connectivity index (χ3v) is 3.81. The number of nitro benzene ring substituents is 1. The van der Waals surface area contributed by atoms with E-state index in [-0.39, 0.29) is 17.6 Å². The second kappa shape index (κ2) is 6.64. The van der Waals surface area contributed by atoms with E-state index < -0.39 is 4.92 Å². The Hall–Kier alpha value is -1.99. The largest absolute Gasteiger partial charge is 0.325 e. The molecule has 21 heavy (non-hydrogen) atoms. The van der Waals surface area contributed by atoms with Crippen LogP contribution < -0.4 is 5.32 Å². The molecule has 1 amide bonds. The average molecular weight is 292 g/mol. The van der Waals surface area contributed by atoms with Crippen molar-refractivity contribution >= 4 is 17.3 Å². The Bertz CT molecular complexity index is 509. The van der Waals surface area contributed by atoms with Crippen LogP contribution in [0.2, 0.25) is 0 Å². The Labute approximate surface area is 123 Å². The highest BCUT2D eigenvalue weighted by molar-refractivity contribution is 5.94. The summed E-state index contributed by atoms with van der Waals surface area (Å²) in [6, 6.07) is 5.65. The van der Waals surface area contributed by atoms with E-state index in [1.165, 1.54) is 12.1 Å². The highest BCUT2D eigenvalue weighted by Gasteiger charge is 2.24. The third-order valence-electron chi connectivity index (χ3n) is 3.81. The molecule has 1 unspecified atom stereocenters. The zero-order chi connectivity index (χ0) is 15.4. The summed E-state index contributed by atoms with van der Waals surface area (Å²) >= 11 is 0. The Morgan fingerprint density at radius 2 is 1.81 bits per heavy atom. The van der Waals surface area contributed by atoms with Gasteiger partial charge in [-0.1, -0.05) is 0 Å². The molecule has 1 atom stereocenters. The van der Waals surface area contributed by atoms with E-state index in [4.69, 9.17) is 0 Å². The van der Waals surface area contributed by atoms with Crippen LogP contribution in [-0.2, 0) is 4.79 Å². The van der Waals surface area contributed by atoms with E-state index in [0.717, 1.165) is 26.2 Å². The van der Waals surface area contributed by atoms with Crippen molar-refractivity contribution in [2.45, 2.75) is 13.0 Å². The summed E-state index contributed by atoms with van der Waals surface area (Å²) in [4.78, 5) is 26.7. The molecule has 7 nitrogen and oxygen atoms in total. The Kier molecular flexibility index (Phi) is 4.87. The number of nitro groups is 1. The van der Waals surface area contributed by atoms with Gasteiger partial charge >= 0.3 is 0 Å². The number of amides is 1. The van der Waals surface area contributed by atoms with Gasteiger partial charge in [-0.2, -0.15) is 0 Å². The molecular weight excluding hydrogens is 272 g/mol. The number of anilines is 1. The van der Waals surface area contributed by atoms with Crippen LogP contribution in [0.3, 0.4) is 0 Å². The number of nitrogens with one attached hydrogen (secondary N) is 1. The maximum Gasteiger partial charge on any atom is 0.269 e. The molecule has 1 aromatic rings. The summed E-state index contributed by atoms with van der Waals surface area (Å²) in [5, 5.41) is 13.4. The number of hydrogen-bond donors (Lipinski definition) is 1. The highest BCUT2D eigenvalue weighted by Crippen LogP contribution is 2.16. The minimum absolute atomic E-state index is 0.0140. The van der Waals surface area contributed by atoms with Crippen LogP contribution in [0.25, 0.3) is 0 Å². The van der Waals surface area contributed by atoms with Crippen molar-refractivity contribution in [3.05, 3.63) is 34.4 Å². The predicted molar refractivity (Wildman–Crippen MR) is 80.3 cm³/mol. The molecule has 1 heterocycles. The lowest BCUT2D eigenvalue weighted by molar-refractivity contribution is -0.384. The average Bonchev–Trinajstić information content (AvgIpc) is 2.47. The monoisotopic (exact) mass is 292 g/mol. The molecule has 1 N–H and O–H groups in total. The number of likely N-dealkylation sites (N-methyl/N-ethyl adjacent to an activating group) is 1. The summed E-state index contributed by atoms with van der Waals surface area (Å²) in [5.41, 5.74) is 0.590. The first-order valence-corrected chi connectivity index (χ1v) is 6.95. The molecule has 7 heteroatoms. The number of carbonyl (C=O) groups excluding carboxylic acids is 1. The first kappa shape index (κ1) is 15.4. The van der Waals surface area contributed by atoms with Crippen LogP contribution in [-0.4, -0.2) is 59.9 Å². The van der Waals surface area contributed by atoms with E-state index in [2.05, 4.69) is 22.2 Å². The second-order valence-electron chi connectivity index (χ2n) is 5.31. The van der Waals surface area contributed by atoms with Gasteiger partial charge in [0.25, 0.3) is 5.69 Å². The van der Waals surface area contributed by atoms with Crippen LogP contribution in [0.5, 0.6) is 0 Å². The van der Waals surface area contributed by atoms with Gasteiger partial charge in [-0.25, -0.2) is 0 Å². The second-order valence-corrected chi connectivity index (χ2v) is 5.31. The van der Waals surface area contributed by atoms with Crippen LogP contribution in [0.1, 0.15) is 6.92 Å². The SMILES string of the molecule is CC(C(=O)Nc1ccc([N+](=O)[O-])cc1)N1CCN(C)CC1. The van der Waals surface area contributed by atoms with Crippen molar-refractivity contribution in [2.24, 2.45) is 0 Å². The first-order chi connectivity index (χ1) is 9.97. The standard InChI is InChI=1S/C14H20N4O3/c1-11(17-9-7-16(2)8-10-17)14(19)15-12-3-5-13(6-4-12)18(20)21/h3-6,11H,7-10H2,1-2H3,(H,15,19). The summed E-state index contributed by atoms with van der Waals surface area (Å²) in [5.74, 6) is -0.0894. The Morgan fingerprint density at radius 3 is 2.33 bits per heavy atom.